The van der Waals surface area contributed by atoms with Gasteiger partial charge in [0.05, 0.1) is 0 Å². The minimum Gasteiger partial charge on any atom is -0.677 e. The number of allylic oxidation sites excluding steroid dienone is 1. The van der Waals surface area contributed by atoms with Gasteiger partial charge in [-0.05, 0) is 59.1 Å². The zero-order valence-corrected chi connectivity index (χ0v) is 27.5. The van der Waals surface area contributed by atoms with Gasteiger partial charge in [-0.3, -0.25) is 9.59 Å². The summed E-state index contributed by atoms with van der Waals surface area (Å²) in [6.45, 7) is 10.5. The molecule has 1 saturated heterocycles. The number of thioether (sulfide) groups is 1. The van der Waals surface area contributed by atoms with Crippen LogP contribution in [0.2, 0.25) is 0 Å². The van der Waals surface area contributed by atoms with Crippen LogP contribution in [0.5, 0.6) is 0 Å². The second-order valence-corrected chi connectivity index (χ2v) is 13.4. The van der Waals surface area contributed by atoms with Gasteiger partial charge in [0.2, 0.25) is 0 Å². The summed E-state index contributed by atoms with van der Waals surface area (Å²) in [5.41, 5.74) is 9.61. The van der Waals surface area contributed by atoms with Gasteiger partial charge in [0, 0.05) is 17.6 Å². The number of fused-ring (bicyclic) bond motifs is 10. The molecule has 0 aliphatic carbocycles. The predicted molar refractivity (Wildman–Crippen MR) is 169 cm³/mol. The minimum atomic E-state index is -0.872. The van der Waals surface area contributed by atoms with E-state index in [0.29, 0.717) is 23.9 Å². The van der Waals surface area contributed by atoms with E-state index < -0.39 is 11.9 Å². The molecule has 0 aromatic carbocycles. The van der Waals surface area contributed by atoms with Gasteiger partial charge in [-0.15, -0.1) is 44.6 Å². The Balaban J connectivity index is 0.00000384. The van der Waals surface area contributed by atoms with E-state index >= 15 is 0 Å². The molecule has 2 atom stereocenters. The molecular formula is C34H36FeN4O4S. The van der Waals surface area contributed by atoms with Crippen LogP contribution < -0.4 is 36.3 Å². The van der Waals surface area contributed by atoms with E-state index in [0.717, 1.165) is 73.9 Å². The smallest absolute Gasteiger partial charge is 0.677 e. The van der Waals surface area contributed by atoms with E-state index in [4.69, 9.17) is 20.3 Å². The Hall–Kier alpha value is -3.33. The van der Waals surface area contributed by atoms with Crippen molar-refractivity contribution in [2.75, 3.05) is 5.75 Å². The Morgan fingerprint density at radius 3 is 2.14 bits per heavy atom. The van der Waals surface area contributed by atoms with Crippen molar-refractivity contribution in [2.24, 2.45) is 0 Å². The molecule has 44 heavy (non-hydrogen) atoms. The van der Waals surface area contributed by atoms with Crippen LogP contribution in [0.4, 0.5) is 0 Å². The summed E-state index contributed by atoms with van der Waals surface area (Å²) in [6.07, 6.45) is 10.7. The van der Waals surface area contributed by atoms with E-state index in [1.165, 1.54) is 11.1 Å². The van der Waals surface area contributed by atoms with Crippen molar-refractivity contribution < 1.29 is 36.9 Å². The molecule has 8 bridgehead atoms. The van der Waals surface area contributed by atoms with Gasteiger partial charge in [0.15, 0.2) is 0 Å². The number of aromatic nitrogens is 3. The third-order valence-electron chi connectivity index (χ3n) is 9.33. The summed E-state index contributed by atoms with van der Waals surface area (Å²) in [5, 5.41) is 27.5. The summed E-state index contributed by atoms with van der Waals surface area (Å²) in [7, 11) is 0. The van der Waals surface area contributed by atoms with E-state index in [-0.39, 0.29) is 40.7 Å². The zero-order chi connectivity index (χ0) is 30.6. The van der Waals surface area contributed by atoms with Crippen molar-refractivity contribution in [1.82, 2.24) is 15.0 Å². The summed E-state index contributed by atoms with van der Waals surface area (Å²) >= 11 is 1.95. The van der Waals surface area contributed by atoms with E-state index in [2.05, 4.69) is 32.9 Å². The number of carboxylic acids is 2. The Labute approximate surface area is 271 Å². The van der Waals surface area contributed by atoms with E-state index in [1.54, 1.807) is 0 Å². The van der Waals surface area contributed by atoms with Gasteiger partial charge in [-0.1, -0.05) is 70.1 Å². The Bertz CT molecular complexity index is 1950. The van der Waals surface area contributed by atoms with Crippen molar-refractivity contribution in [3.63, 3.8) is 0 Å². The summed E-state index contributed by atoms with van der Waals surface area (Å²) in [5.74, 6) is -0.703. The number of carbonyl (C=O) groups is 2. The molecule has 3 aromatic heterocycles. The maximum absolute atomic E-state index is 11.6. The average molecular weight is 653 g/mol. The predicted octanol–water partition coefficient (Wildman–Crippen LogP) is 2.22. The van der Waals surface area contributed by atoms with Crippen molar-refractivity contribution in [2.45, 2.75) is 83.9 Å². The molecule has 6 heterocycles. The van der Waals surface area contributed by atoms with Crippen molar-refractivity contribution >= 4 is 48.0 Å². The molecule has 6 rings (SSSR count). The van der Waals surface area contributed by atoms with Crippen molar-refractivity contribution in [3.8, 4) is 0 Å². The first kappa shape index (κ1) is 32.1. The fraction of sp³-hybridized carbons (Fsp3) is 0.412. The Kier molecular flexibility index (Phi) is 8.91. The first-order chi connectivity index (χ1) is 20.5. The fourth-order valence-corrected chi connectivity index (χ4v) is 8.18. The minimum absolute atomic E-state index is 0. The van der Waals surface area contributed by atoms with Crippen LogP contribution in [0, 0.1) is 20.8 Å². The molecule has 3 aliphatic heterocycles. The second kappa shape index (κ2) is 12.2. The Morgan fingerprint density at radius 1 is 0.841 bits per heavy atom. The molecule has 1 fully saturated rings. The molecular weight excluding hydrogens is 616 g/mol. The summed E-state index contributed by atoms with van der Waals surface area (Å²) in [6, 6.07) is -0.0672. The van der Waals surface area contributed by atoms with Crippen LogP contribution in [0.3, 0.4) is 0 Å². The van der Waals surface area contributed by atoms with Crippen LogP contribution in [0.1, 0.15) is 77.9 Å². The molecule has 1 unspecified atom stereocenters. The molecule has 2 N–H and O–H groups in total. The zero-order valence-electron chi connectivity index (χ0n) is 25.6. The number of aliphatic carboxylic acids is 2. The van der Waals surface area contributed by atoms with Crippen LogP contribution in [-0.2, 0) is 45.9 Å². The maximum Gasteiger partial charge on any atom is 4.00 e. The van der Waals surface area contributed by atoms with Crippen molar-refractivity contribution in [1.29, 1.82) is 0 Å². The van der Waals surface area contributed by atoms with E-state index in [9.17, 15) is 19.8 Å². The van der Waals surface area contributed by atoms with Crippen LogP contribution in [0.15, 0.2) is 11.3 Å². The van der Waals surface area contributed by atoms with Gasteiger partial charge in [-0.25, -0.2) is 0 Å². The van der Waals surface area contributed by atoms with Gasteiger partial charge >= 0.3 is 29.0 Å². The molecule has 8 nitrogen and oxygen atoms in total. The van der Waals surface area contributed by atoms with E-state index in [1.807, 2.05) is 37.8 Å². The number of carboxylic acid groups (broad SMARTS) is 2. The molecule has 0 amide bonds. The number of rotatable bonds is 7. The van der Waals surface area contributed by atoms with Crippen LogP contribution in [-0.4, -0.2) is 38.7 Å². The standard InChI is InChI=1S/C34H36N4O4S.Fe/c1-6-20-17(2)24-13-25-18(3)21(7-9-32(39)40)27(35-25)15-28-22(8-10-33(41)42)19(4)26(36-28)14-30-23-11-12-43-34(23,5)31(38-30)16-29(20)37-24;/h13-16,31H,6-12H2,1-5H3,(H,39,40)(H,41,42);/q-4;+4/b24-13-,26-14-,28-15-,29-16-;/t31?,34-;/m1./s1. The second-order valence-electron chi connectivity index (χ2n) is 11.8. The summed E-state index contributed by atoms with van der Waals surface area (Å²) in [4.78, 5) is 38.3. The van der Waals surface area contributed by atoms with Crippen molar-refractivity contribution in [3.05, 3.63) is 82.8 Å². The topological polar surface area (TPSA) is 131 Å². The quantitative estimate of drug-likeness (QED) is 0.372. The molecule has 0 spiro atoms. The molecule has 10 heteroatoms. The van der Waals surface area contributed by atoms with Crippen LogP contribution in [0.25, 0.3) is 29.6 Å². The molecule has 0 radical (unpaired) electrons. The Morgan fingerprint density at radius 2 is 1.45 bits per heavy atom. The molecule has 230 valence electrons. The third kappa shape index (κ3) is 5.52. The molecule has 3 aliphatic rings. The molecule has 0 saturated carbocycles. The number of nitrogens with zero attached hydrogens (tertiary/aromatic N) is 4. The maximum atomic E-state index is 11.6. The van der Waals surface area contributed by atoms with Gasteiger partial charge in [-0.2, -0.15) is 11.8 Å². The largest absolute Gasteiger partial charge is 4.00 e. The normalized spacial score (nSPS) is 23.2. The van der Waals surface area contributed by atoms with Gasteiger partial charge < -0.3 is 30.5 Å². The number of hydrogen-bond donors (Lipinski definition) is 2. The van der Waals surface area contributed by atoms with Gasteiger partial charge in [0.25, 0.3) is 0 Å². The first-order valence-corrected chi connectivity index (χ1v) is 15.9. The average Bonchev–Trinajstić information content (AvgIpc) is 3.69. The number of hydrogen-bond acceptors (Lipinski definition) is 3. The van der Waals surface area contributed by atoms with Gasteiger partial charge in [0.1, 0.15) is 0 Å². The van der Waals surface area contributed by atoms with Crippen LogP contribution >= 0.6 is 11.8 Å². The fourth-order valence-electron chi connectivity index (χ4n) is 6.78. The SMILES string of the molecule is CCc1c(C)/c2[n-]/c1=C\C1[N-]C(=C3CCS[C@]31C)/C=c1\[n-]/c(c(CCC(=O)O)c1C)=C\c1[n-]c(c(C)c1CCC(=O)O)\C=2.[Fe+4]. The summed E-state index contributed by atoms with van der Waals surface area (Å²) < 4.78 is -0.152. The monoisotopic (exact) mass is 652 g/mol. The first-order valence-electron chi connectivity index (χ1n) is 14.9. The third-order valence-corrected chi connectivity index (χ3v) is 10.8. The molecule has 3 aromatic rings.